The summed E-state index contributed by atoms with van der Waals surface area (Å²) in [6.45, 7) is 26.8. The summed E-state index contributed by atoms with van der Waals surface area (Å²) < 4.78 is 13.5. The maximum absolute atomic E-state index is 5.58. The fourth-order valence-electron chi connectivity index (χ4n) is 7.72. The Labute approximate surface area is 283 Å². The molecule has 0 bridgehead atoms. The van der Waals surface area contributed by atoms with Crippen LogP contribution in [-0.4, -0.2) is 42.5 Å². The van der Waals surface area contributed by atoms with Crippen LogP contribution in [0.15, 0.2) is 36.4 Å². The molecule has 0 N–H and O–H groups in total. The van der Waals surface area contributed by atoms with Crippen LogP contribution in [0.3, 0.4) is 0 Å². The van der Waals surface area contributed by atoms with E-state index in [1.54, 1.807) is 0 Å². The molecular formula is C39H51N9. The van der Waals surface area contributed by atoms with Gasteiger partial charge in [0, 0.05) is 50.9 Å². The second kappa shape index (κ2) is 11.6. The lowest BCUT2D eigenvalue weighted by atomic mass is 9.98. The maximum Gasteiger partial charge on any atom is 0.167 e. The molecule has 0 aliphatic carbocycles. The van der Waals surface area contributed by atoms with Crippen molar-refractivity contribution in [1.29, 1.82) is 0 Å². The van der Waals surface area contributed by atoms with Gasteiger partial charge in [-0.15, -0.1) is 15.3 Å². The van der Waals surface area contributed by atoms with Crippen molar-refractivity contribution in [2.24, 2.45) is 0 Å². The van der Waals surface area contributed by atoms with E-state index in [4.69, 9.17) is 15.3 Å². The molecule has 0 aliphatic heterocycles. The molecule has 0 aliphatic rings. The van der Waals surface area contributed by atoms with Gasteiger partial charge in [-0.25, -0.2) is 0 Å². The number of hydrogen-bond donors (Lipinski definition) is 0. The molecule has 7 rings (SSSR count). The lowest BCUT2D eigenvalue weighted by Gasteiger charge is -2.15. The first-order valence-corrected chi connectivity index (χ1v) is 17.8. The Morgan fingerprint density at radius 2 is 0.625 bits per heavy atom. The van der Waals surface area contributed by atoms with E-state index in [0.29, 0.717) is 0 Å². The van der Waals surface area contributed by atoms with Crippen molar-refractivity contribution in [3.05, 3.63) is 87.3 Å². The number of rotatable bonds is 9. The molecule has 0 saturated carbocycles. The Bertz CT molecular complexity index is 1980. The zero-order valence-electron chi connectivity index (χ0n) is 30.8. The van der Waals surface area contributed by atoms with Gasteiger partial charge in [0.25, 0.3) is 0 Å². The molecule has 252 valence electrons. The zero-order chi connectivity index (χ0) is 34.3. The van der Waals surface area contributed by atoms with Crippen LogP contribution in [0, 0.1) is 41.5 Å². The highest BCUT2D eigenvalue weighted by Crippen LogP contribution is 2.40. The standard InChI is InChI=1S/C39H51N9/c1-13-22(4)31-34(43-25(7)16-17-26(43)8)40-46-37(31)47-39(32(23(5)14-2)35(41-47)44-27(9)18-19-28(44)10)48-38(46)33(24(6)15-3)36(42-48)45-29(11)20-21-30(45)12/h16-24H,13-15H2,1-12H3. The van der Waals surface area contributed by atoms with Gasteiger partial charge in [-0.3, -0.25) is 0 Å². The van der Waals surface area contributed by atoms with E-state index in [0.717, 1.165) is 53.7 Å². The van der Waals surface area contributed by atoms with Crippen molar-refractivity contribution in [3.63, 3.8) is 0 Å². The molecule has 3 unspecified atom stereocenters. The van der Waals surface area contributed by atoms with Crippen molar-refractivity contribution in [2.75, 3.05) is 0 Å². The predicted molar refractivity (Wildman–Crippen MR) is 195 cm³/mol. The number of hydrogen-bond acceptors (Lipinski definition) is 3. The topological polar surface area (TPSA) is 66.7 Å². The van der Waals surface area contributed by atoms with Crippen LogP contribution in [0.5, 0.6) is 0 Å². The second-order valence-corrected chi connectivity index (χ2v) is 14.2. The van der Waals surface area contributed by atoms with Crippen LogP contribution in [0.2, 0.25) is 0 Å². The summed E-state index contributed by atoms with van der Waals surface area (Å²) in [4.78, 5) is 0. The van der Waals surface area contributed by atoms with Crippen LogP contribution in [0.4, 0.5) is 0 Å². The fraction of sp³-hybridized carbons (Fsp3) is 0.462. The summed E-state index contributed by atoms with van der Waals surface area (Å²) in [5.74, 6) is 3.63. The number of nitrogens with zero attached hydrogens (tertiary/aromatic N) is 9. The third kappa shape index (κ3) is 4.38. The molecule has 7 aromatic rings. The molecule has 0 aromatic carbocycles. The van der Waals surface area contributed by atoms with Gasteiger partial charge in [-0.2, -0.15) is 13.5 Å². The molecule has 3 atom stereocenters. The van der Waals surface area contributed by atoms with Gasteiger partial charge in [0.1, 0.15) is 0 Å². The van der Waals surface area contributed by atoms with Crippen LogP contribution in [-0.2, 0) is 0 Å². The van der Waals surface area contributed by atoms with Gasteiger partial charge in [0.15, 0.2) is 34.4 Å². The molecule has 0 saturated heterocycles. The van der Waals surface area contributed by atoms with E-state index in [1.807, 2.05) is 0 Å². The Morgan fingerprint density at radius 1 is 0.417 bits per heavy atom. The normalized spacial score (nSPS) is 14.2. The molecule has 0 amide bonds. The minimum Gasteiger partial charge on any atom is -0.301 e. The third-order valence-corrected chi connectivity index (χ3v) is 11.0. The highest BCUT2D eigenvalue weighted by Gasteiger charge is 2.33. The van der Waals surface area contributed by atoms with E-state index < -0.39 is 0 Å². The van der Waals surface area contributed by atoms with Crippen molar-refractivity contribution >= 4 is 16.9 Å². The summed E-state index contributed by atoms with van der Waals surface area (Å²) in [6, 6.07) is 13.1. The smallest absolute Gasteiger partial charge is 0.167 e. The molecule has 0 fully saturated rings. The second-order valence-electron chi connectivity index (χ2n) is 14.2. The molecule has 9 nitrogen and oxygen atoms in total. The highest BCUT2D eigenvalue weighted by molar-refractivity contribution is 5.76. The Kier molecular flexibility index (Phi) is 7.72. The summed E-state index contributed by atoms with van der Waals surface area (Å²) in [5, 5.41) is 16.8. The monoisotopic (exact) mass is 645 g/mol. The third-order valence-electron chi connectivity index (χ3n) is 11.0. The Balaban J connectivity index is 1.82. The van der Waals surface area contributed by atoms with E-state index in [1.165, 1.54) is 50.9 Å². The number of fused-ring (bicyclic) bond motifs is 6. The van der Waals surface area contributed by atoms with Crippen molar-refractivity contribution in [2.45, 2.75) is 120 Å². The first kappa shape index (κ1) is 32.0. The molecule has 0 radical (unpaired) electrons. The molecule has 7 aromatic heterocycles. The minimum atomic E-state index is 0.238. The van der Waals surface area contributed by atoms with E-state index in [9.17, 15) is 0 Å². The lowest BCUT2D eigenvalue weighted by Crippen LogP contribution is -2.09. The molecule has 48 heavy (non-hydrogen) atoms. The average Bonchev–Trinajstić information content (AvgIpc) is 3.90. The van der Waals surface area contributed by atoms with Gasteiger partial charge in [-0.1, -0.05) is 41.5 Å². The van der Waals surface area contributed by atoms with Crippen molar-refractivity contribution < 1.29 is 0 Å². The largest absolute Gasteiger partial charge is 0.301 e. The maximum atomic E-state index is 5.58. The van der Waals surface area contributed by atoms with Gasteiger partial charge in [0.05, 0.1) is 0 Å². The van der Waals surface area contributed by atoms with Crippen molar-refractivity contribution in [3.8, 4) is 17.5 Å². The van der Waals surface area contributed by atoms with E-state index in [2.05, 4.69) is 147 Å². The first-order valence-electron chi connectivity index (χ1n) is 17.8. The molecule has 7 heterocycles. The first-order chi connectivity index (χ1) is 22.9. The Hall–Kier alpha value is -4.53. The minimum absolute atomic E-state index is 0.238. The van der Waals surface area contributed by atoms with Crippen LogP contribution >= 0.6 is 0 Å². The summed E-state index contributed by atoms with van der Waals surface area (Å²) in [6.07, 6.45) is 2.94. The van der Waals surface area contributed by atoms with Gasteiger partial charge in [0.2, 0.25) is 0 Å². The van der Waals surface area contributed by atoms with Crippen LogP contribution in [0.1, 0.15) is 129 Å². The summed E-state index contributed by atoms with van der Waals surface area (Å²) in [7, 11) is 0. The molecule has 9 heteroatoms. The summed E-state index contributed by atoms with van der Waals surface area (Å²) >= 11 is 0. The highest BCUT2D eigenvalue weighted by atomic mass is 15.5. The molecule has 0 spiro atoms. The fourth-order valence-corrected chi connectivity index (χ4v) is 7.72. The van der Waals surface area contributed by atoms with Gasteiger partial charge >= 0.3 is 0 Å². The predicted octanol–water partition coefficient (Wildman–Crippen LogP) is 9.39. The van der Waals surface area contributed by atoms with E-state index in [-0.39, 0.29) is 17.8 Å². The molecular weight excluding hydrogens is 594 g/mol. The number of aromatic nitrogens is 9. The van der Waals surface area contributed by atoms with Crippen LogP contribution in [0.25, 0.3) is 34.4 Å². The quantitative estimate of drug-likeness (QED) is 0.157. The van der Waals surface area contributed by atoms with Crippen LogP contribution < -0.4 is 0 Å². The van der Waals surface area contributed by atoms with Gasteiger partial charge in [-0.05, 0) is 115 Å². The van der Waals surface area contributed by atoms with Crippen molar-refractivity contribution in [1.82, 2.24) is 42.5 Å². The average molecular weight is 646 g/mol. The Morgan fingerprint density at radius 3 is 0.812 bits per heavy atom. The summed E-state index contributed by atoms with van der Waals surface area (Å²) in [5.41, 5.74) is 13.7. The lowest BCUT2D eigenvalue weighted by molar-refractivity contribution is 0.721. The van der Waals surface area contributed by atoms with E-state index >= 15 is 0 Å². The van der Waals surface area contributed by atoms with Gasteiger partial charge < -0.3 is 13.7 Å². The zero-order valence-corrected chi connectivity index (χ0v) is 30.8. The number of aryl methyl sites for hydroxylation is 6. The SMILES string of the molecule is CCC(C)c1c(-n2c(C)ccc2C)nn2c1n1nc(-n3c(C)ccc3C)c(C(C)CC)c1n1nc(-n3c(C)ccc3C)c(C(C)CC)c21.